The molecule has 0 aromatic heterocycles. The van der Waals surface area contributed by atoms with E-state index in [0.29, 0.717) is 18.0 Å². The van der Waals surface area contributed by atoms with Crippen molar-refractivity contribution in [3.8, 4) is 5.75 Å². The van der Waals surface area contributed by atoms with Crippen LogP contribution < -0.4 is 21.5 Å². The van der Waals surface area contributed by atoms with Gasteiger partial charge in [0.05, 0.1) is 6.61 Å². The molecule has 1 rings (SSSR count). The Hall–Kier alpha value is -2.24. The van der Waals surface area contributed by atoms with Gasteiger partial charge in [-0.25, -0.2) is 0 Å². The molecule has 20 heavy (non-hydrogen) atoms. The van der Waals surface area contributed by atoms with Gasteiger partial charge in [0.2, 0.25) is 5.91 Å². The molecule has 0 saturated heterocycles. The van der Waals surface area contributed by atoms with Crippen LogP contribution in [0.1, 0.15) is 31.1 Å². The average molecular weight is 279 g/mol. The fourth-order valence-electron chi connectivity index (χ4n) is 1.85. The van der Waals surface area contributed by atoms with Gasteiger partial charge in [-0.2, -0.15) is 0 Å². The van der Waals surface area contributed by atoms with Gasteiger partial charge < -0.3 is 21.5 Å². The number of rotatable bonds is 6. The molecular formula is C14H21N3O3. The Bertz CT molecular complexity index is 500. The molecule has 0 heterocycles. The summed E-state index contributed by atoms with van der Waals surface area (Å²) in [6.45, 7) is 5.82. The SMILES string of the molecule is CCOc1cccc(N)c1C(=O)NC(C(N)=O)C(C)C. The lowest BCUT2D eigenvalue weighted by molar-refractivity contribution is -0.120. The zero-order chi connectivity index (χ0) is 15.3. The van der Waals surface area contributed by atoms with E-state index in [1.165, 1.54) is 0 Å². The number of carbonyl (C=O) groups excluding carboxylic acids is 2. The van der Waals surface area contributed by atoms with Crippen molar-refractivity contribution >= 4 is 17.5 Å². The van der Waals surface area contributed by atoms with Gasteiger partial charge in [-0.15, -0.1) is 0 Å². The minimum Gasteiger partial charge on any atom is -0.493 e. The molecule has 110 valence electrons. The van der Waals surface area contributed by atoms with E-state index in [0.717, 1.165) is 0 Å². The Kier molecular flexibility index (Phi) is 5.37. The number of nitrogens with two attached hydrogens (primary N) is 2. The topological polar surface area (TPSA) is 107 Å². The zero-order valence-corrected chi connectivity index (χ0v) is 12.0. The number of anilines is 1. The number of nitrogens with one attached hydrogen (secondary N) is 1. The first-order valence-corrected chi connectivity index (χ1v) is 6.49. The van der Waals surface area contributed by atoms with Gasteiger partial charge in [-0.3, -0.25) is 9.59 Å². The maximum Gasteiger partial charge on any atom is 0.257 e. The number of nitrogen functional groups attached to an aromatic ring is 1. The van der Waals surface area contributed by atoms with Gasteiger partial charge in [-0.05, 0) is 25.0 Å². The minimum absolute atomic E-state index is 0.114. The highest BCUT2D eigenvalue weighted by molar-refractivity contribution is 6.03. The smallest absolute Gasteiger partial charge is 0.257 e. The number of benzene rings is 1. The average Bonchev–Trinajstić information content (AvgIpc) is 2.35. The predicted molar refractivity (Wildman–Crippen MR) is 77.3 cm³/mol. The molecule has 6 nitrogen and oxygen atoms in total. The molecule has 1 aromatic carbocycles. The lowest BCUT2D eigenvalue weighted by Gasteiger charge is -2.20. The predicted octanol–water partition coefficient (Wildman–Crippen LogP) is 0.907. The van der Waals surface area contributed by atoms with Gasteiger partial charge in [0.1, 0.15) is 17.4 Å². The Balaban J connectivity index is 3.05. The molecule has 0 bridgehead atoms. The normalized spacial score (nSPS) is 12.0. The van der Waals surface area contributed by atoms with Crippen LogP contribution in [0.25, 0.3) is 0 Å². The Morgan fingerprint density at radius 2 is 2.00 bits per heavy atom. The lowest BCUT2D eigenvalue weighted by atomic mass is 10.0. The summed E-state index contributed by atoms with van der Waals surface area (Å²) in [5.41, 5.74) is 11.6. The molecule has 1 aromatic rings. The maximum atomic E-state index is 12.3. The quantitative estimate of drug-likeness (QED) is 0.672. The highest BCUT2D eigenvalue weighted by atomic mass is 16.5. The summed E-state index contributed by atoms with van der Waals surface area (Å²) in [5, 5.41) is 2.60. The van der Waals surface area contributed by atoms with E-state index in [9.17, 15) is 9.59 Å². The molecule has 0 aliphatic heterocycles. The summed E-state index contributed by atoms with van der Waals surface area (Å²) < 4.78 is 5.38. The fraction of sp³-hybridized carbons (Fsp3) is 0.429. The number of amides is 2. The van der Waals surface area contributed by atoms with E-state index in [4.69, 9.17) is 16.2 Å². The van der Waals surface area contributed by atoms with Crippen molar-refractivity contribution in [3.63, 3.8) is 0 Å². The summed E-state index contributed by atoms with van der Waals surface area (Å²) in [4.78, 5) is 23.6. The maximum absolute atomic E-state index is 12.3. The van der Waals surface area contributed by atoms with Crippen molar-refractivity contribution in [1.82, 2.24) is 5.32 Å². The summed E-state index contributed by atoms with van der Waals surface area (Å²) in [6.07, 6.45) is 0. The summed E-state index contributed by atoms with van der Waals surface area (Å²) in [7, 11) is 0. The first-order valence-electron chi connectivity index (χ1n) is 6.49. The highest BCUT2D eigenvalue weighted by Crippen LogP contribution is 2.24. The lowest BCUT2D eigenvalue weighted by Crippen LogP contribution is -2.47. The molecule has 1 atom stereocenters. The van der Waals surface area contributed by atoms with Gasteiger partial charge in [0.25, 0.3) is 5.91 Å². The Morgan fingerprint density at radius 3 is 2.50 bits per heavy atom. The van der Waals surface area contributed by atoms with Crippen molar-refractivity contribution < 1.29 is 14.3 Å². The van der Waals surface area contributed by atoms with E-state index in [-0.39, 0.29) is 11.5 Å². The van der Waals surface area contributed by atoms with Crippen molar-refractivity contribution in [2.24, 2.45) is 11.7 Å². The van der Waals surface area contributed by atoms with Crippen LogP contribution in [-0.4, -0.2) is 24.5 Å². The van der Waals surface area contributed by atoms with E-state index in [1.807, 2.05) is 6.92 Å². The second-order valence-electron chi connectivity index (χ2n) is 4.75. The van der Waals surface area contributed by atoms with Gasteiger partial charge in [-0.1, -0.05) is 19.9 Å². The molecule has 0 aliphatic rings. The second-order valence-corrected chi connectivity index (χ2v) is 4.75. The summed E-state index contributed by atoms with van der Waals surface area (Å²) >= 11 is 0. The molecule has 0 spiro atoms. The second kappa shape index (κ2) is 6.79. The summed E-state index contributed by atoms with van der Waals surface area (Å²) in [6, 6.07) is 4.21. The molecule has 2 amide bonds. The van der Waals surface area contributed by atoms with Crippen LogP contribution in [0.4, 0.5) is 5.69 Å². The van der Waals surface area contributed by atoms with Crippen molar-refractivity contribution in [1.29, 1.82) is 0 Å². The first-order chi connectivity index (χ1) is 9.38. The van der Waals surface area contributed by atoms with Crippen LogP contribution in [-0.2, 0) is 4.79 Å². The van der Waals surface area contributed by atoms with E-state index in [1.54, 1.807) is 32.0 Å². The number of carbonyl (C=O) groups is 2. The van der Waals surface area contributed by atoms with Crippen LogP contribution in [0.5, 0.6) is 5.75 Å². The zero-order valence-electron chi connectivity index (χ0n) is 12.0. The number of hydrogen-bond donors (Lipinski definition) is 3. The largest absolute Gasteiger partial charge is 0.493 e. The Labute approximate surface area is 118 Å². The van der Waals surface area contributed by atoms with Crippen molar-refractivity contribution in [2.75, 3.05) is 12.3 Å². The van der Waals surface area contributed by atoms with E-state index >= 15 is 0 Å². The monoisotopic (exact) mass is 279 g/mol. The number of primary amides is 1. The molecule has 0 aliphatic carbocycles. The molecule has 6 heteroatoms. The Morgan fingerprint density at radius 1 is 1.35 bits per heavy atom. The third-order valence-corrected chi connectivity index (χ3v) is 2.85. The van der Waals surface area contributed by atoms with E-state index < -0.39 is 17.9 Å². The van der Waals surface area contributed by atoms with E-state index in [2.05, 4.69) is 5.32 Å². The number of hydrogen-bond acceptors (Lipinski definition) is 4. The first kappa shape index (κ1) is 15.8. The molecule has 5 N–H and O–H groups in total. The summed E-state index contributed by atoms with van der Waals surface area (Å²) in [5.74, 6) is -0.779. The molecule has 0 radical (unpaired) electrons. The van der Waals surface area contributed by atoms with Crippen LogP contribution in [0.3, 0.4) is 0 Å². The van der Waals surface area contributed by atoms with Gasteiger partial charge >= 0.3 is 0 Å². The van der Waals surface area contributed by atoms with Crippen molar-refractivity contribution in [3.05, 3.63) is 23.8 Å². The standard InChI is InChI=1S/C14H21N3O3/c1-4-20-10-7-5-6-9(15)11(10)14(19)17-12(8(2)3)13(16)18/h5-8,12H,4,15H2,1-3H3,(H2,16,18)(H,17,19). The molecular weight excluding hydrogens is 258 g/mol. The third kappa shape index (κ3) is 3.63. The fourth-order valence-corrected chi connectivity index (χ4v) is 1.85. The van der Waals surface area contributed by atoms with Crippen LogP contribution in [0, 0.1) is 5.92 Å². The van der Waals surface area contributed by atoms with Gasteiger partial charge in [0.15, 0.2) is 0 Å². The minimum atomic E-state index is -0.753. The van der Waals surface area contributed by atoms with Crippen LogP contribution >= 0.6 is 0 Å². The van der Waals surface area contributed by atoms with Crippen LogP contribution in [0.15, 0.2) is 18.2 Å². The number of ether oxygens (including phenoxy) is 1. The highest BCUT2D eigenvalue weighted by Gasteiger charge is 2.25. The third-order valence-electron chi connectivity index (χ3n) is 2.85. The molecule has 1 unspecified atom stereocenters. The van der Waals surface area contributed by atoms with Crippen molar-refractivity contribution in [2.45, 2.75) is 26.8 Å². The van der Waals surface area contributed by atoms with Gasteiger partial charge in [0, 0.05) is 5.69 Å². The molecule has 0 fully saturated rings. The van der Waals surface area contributed by atoms with Crippen LogP contribution in [0.2, 0.25) is 0 Å². The molecule has 0 saturated carbocycles.